The molecule has 1 aromatic rings. The van der Waals surface area contributed by atoms with Crippen molar-refractivity contribution in [2.24, 2.45) is 0 Å². The first-order valence-corrected chi connectivity index (χ1v) is 8.06. The summed E-state index contributed by atoms with van der Waals surface area (Å²) in [5.74, 6) is -1.52. The normalized spacial score (nSPS) is 13.2. The van der Waals surface area contributed by atoms with Gasteiger partial charge in [-0.2, -0.15) is 0 Å². The average molecular weight is 325 g/mol. The summed E-state index contributed by atoms with van der Waals surface area (Å²) in [5.41, 5.74) is 1.40. The lowest BCUT2D eigenvalue weighted by Crippen LogP contribution is -2.19. The number of rotatable bonds is 5. The number of carbonyl (C=O) groups is 3. The Morgan fingerprint density at radius 1 is 1.23 bits per heavy atom. The fourth-order valence-corrected chi connectivity index (χ4v) is 3.78. The Hall–Kier alpha value is -1.89. The van der Waals surface area contributed by atoms with Gasteiger partial charge in [0.15, 0.2) is 0 Å². The molecule has 7 heteroatoms. The summed E-state index contributed by atoms with van der Waals surface area (Å²) in [5, 5.41) is 3.12. The number of hydrogen-bond acceptors (Lipinski definition) is 6. The minimum atomic E-state index is -0.582. The molecule has 120 valence electrons. The number of fused-ring (bicyclic) bond motifs is 1. The third kappa shape index (κ3) is 3.65. The maximum Gasteiger partial charge on any atom is 0.341 e. The molecule has 0 radical (unpaired) electrons. The van der Waals surface area contributed by atoms with Gasteiger partial charge in [-0.25, -0.2) is 4.79 Å². The number of thiophene rings is 1. The Kier molecular flexibility index (Phi) is 5.54. The number of hydrogen-bond donors (Lipinski definition) is 1. The quantitative estimate of drug-likeness (QED) is 0.663. The maximum atomic E-state index is 12.0. The third-order valence-corrected chi connectivity index (χ3v) is 4.63. The number of nitrogens with one attached hydrogen (secondary N) is 1. The van der Waals surface area contributed by atoms with E-state index in [0.29, 0.717) is 10.6 Å². The van der Waals surface area contributed by atoms with E-state index in [2.05, 4.69) is 5.32 Å². The standard InChI is InChI=1S/C15H19NO5S/c1-3-21-12(18)8-11(17)16-14-13(15(19)20-2)9-6-4-5-7-10(9)22-14/h3-8H2,1-2H3,(H,16,17). The van der Waals surface area contributed by atoms with Crippen molar-refractivity contribution in [3.63, 3.8) is 0 Å². The fraction of sp³-hybridized carbons (Fsp3) is 0.533. The summed E-state index contributed by atoms with van der Waals surface area (Å²) in [4.78, 5) is 36.4. The van der Waals surface area contributed by atoms with E-state index in [1.54, 1.807) is 6.92 Å². The number of anilines is 1. The zero-order valence-electron chi connectivity index (χ0n) is 12.7. The van der Waals surface area contributed by atoms with Crippen LogP contribution in [0.1, 0.15) is 47.0 Å². The van der Waals surface area contributed by atoms with Crippen LogP contribution in [-0.2, 0) is 31.9 Å². The van der Waals surface area contributed by atoms with Gasteiger partial charge in [0.25, 0.3) is 0 Å². The SMILES string of the molecule is CCOC(=O)CC(=O)Nc1sc2c(c1C(=O)OC)CCCC2. The summed E-state index contributed by atoms with van der Waals surface area (Å²) in [6.45, 7) is 1.91. The average Bonchev–Trinajstić information content (AvgIpc) is 2.84. The second-order valence-electron chi connectivity index (χ2n) is 4.94. The smallest absolute Gasteiger partial charge is 0.341 e. The lowest BCUT2D eigenvalue weighted by Gasteiger charge is -2.11. The molecule has 0 saturated carbocycles. The van der Waals surface area contributed by atoms with E-state index in [1.807, 2.05) is 0 Å². The van der Waals surface area contributed by atoms with Crippen LogP contribution in [0.2, 0.25) is 0 Å². The van der Waals surface area contributed by atoms with Crippen LogP contribution in [0.3, 0.4) is 0 Å². The van der Waals surface area contributed by atoms with Crippen LogP contribution in [-0.4, -0.2) is 31.6 Å². The van der Waals surface area contributed by atoms with Crippen LogP contribution in [0.25, 0.3) is 0 Å². The Morgan fingerprint density at radius 3 is 2.64 bits per heavy atom. The van der Waals surface area contributed by atoms with Gasteiger partial charge < -0.3 is 14.8 Å². The molecule has 1 aliphatic rings. The van der Waals surface area contributed by atoms with Gasteiger partial charge in [-0.15, -0.1) is 11.3 Å². The van der Waals surface area contributed by atoms with Crippen molar-refractivity contribution >= 4 is 34.2 Å². The highest BCUT2D eigenvalue weighted by atomic mass is 32.1. The van der Waals surface area contributed by atoms with Crippen LogP contribution >= 0.6 is 11.3 Å². The summed E-state index contributed by atoms with van der Waals surface area (Å²) in [7, 11) is 1.32. The largest absolute Gasteiger partial charge is 0.466 e. The molecule has 1 N–H and O–H groups in total. The molecular formula is C15H19NO5S. The molecule has 2 rings (SSSR count). The van der Waals surface area contributed by atoms with Crippen molar-refractivity contribution < 1.29 is 23.9 Å². The van der Waals surface area contributed by atoms with Crippen LogP contribution < -0.4 is 5.32 Å². The molecule has 0 unspecified atom stereocenters. The van der Waals surface area contributed by atoms with Crippen molar-refractivity contribution in [3.8, 4) is 0 Å². The van der Waals surface area contributed by atoms with Crippen molar-refractivity contribution in [2.75, 3.05) is 19.0 Å². The molecule has 1 aromatic heterocycles. The van der Waals surface area contributed by atoms with Gasteiger partial charge >= 0.3 is 11.9 Å². The Labute approximate surface area is 132 Å². The molecule has 1 amide bonds. The van der Waals surface area contributed by atoms with Gasteiger partial charge in [0.05, 0.1) is 19.3 Å². The maximum absolute atomic E-state index is 12.0. The predicted molar refractivity (Wildman–Crippen MR) is 82.2 cm³/mol. The van der Waals surface area contributed by atoms with Crippen LogP contribution in [0, 0.1) is 0 Å². The van der Waals surface area contributed by atoms with Crippen molar-refractivity contribution in [3.05, 3.63) is 16.0 Å². The van der Waals surface area contributed by atoms with Gasteiger partial charge in [-0.1, -0.05) is 0 Å². The summed E-state index contributed by atoms with van der Waals surface area (Å²) < 4.78 is 9.57. The molecular weight excluding hydrogens is 306 g/mol. The topological polar surface area (TPSA) is 81.7 Å². The second-order valence-corrected chi connectivity index (χ2v) is 6.04. The minimum absolute atomic E-state index is 0.229. The number of aryl methyl sites for hydroxylation is 1. The number of ether oxygens (including phenoxy) is 2. The van der Waals surface area contributed by atoms with Gasteiger partial charge in [0, 0.05) is 4.88 Å². The zero-order chi connectivity index (χ0) is 16.1. The van der Waals surface area contributed by atoms with Crippen molar-refractivity contribution in [2.45, 2.75) is 39.0 Å². The highest BCUT2D eigenvalue weighted by Gasteiger charge is 2.27. The molecule has 0 aromatic carbocycles. The summed E-state index contributed by atoms with van der Waals surface area (Å²) in [6.07, 6.45) is 3.44. The molecule has 0 aliphatic heterocycles. The molecule has 0 saturated heterocycles. The van der Waals surface area contributed by atoms with E-state index < -0.39 is 17.8 Å². The monoisotopic (exact) mass is 325 g/mol. The van der Waals surface area contributed by atoms with E-state index in [4.69, 9.17) is 9.47 Å². The van der Waals surface area contributed by atoms with Crippen LogP contribution in [0.4, 0.5) is 5.00 Å². The predicted octanol–water partition coefficient (Wildman–Crippen LogP) is 2.31. The molecule has 0 bridgehead atoms. The zero-order valence-corrected chi connectivity index (χ0v) is 13.5. The first kappa shape index (κ1) is 16.5. The lowest BCUT2D eigenvalue weighted by molar-refractivity contribution is -0.145. The van der Waals surface area contributed by atoms with Crippen molar-refractivity contribution in [1.29, 1.82) is 0 Å². The van der Waals surface area contributed by atoms with Crippen molar-refractivity contribution in [1.82, 2.24) is 0 Å². The Bertz CT molecular complexity index is 593. The summed E-state index contributed by atoms with van der Waals surface area (Å²) >= 11 is 1.39. The molecule has 6 nitrogen and oxygen atoms in total. The minimum Gasteiger partial charge on any atom is -0.466 e. The van der Waals surface area contributed by atoms with E-state index in [1.165, 1.54) is 18.4 Å². The number of esters is 2. The van der Waals surface area contributed by atoms with Gasteiger partial charge in [-0.05, 0) is 38.2 Å². The second kappa shape index (κ2) is 7.40. The number of carbonyl (C=O) groups excluding carboxylic acids is 3. The lowest BCUT2D eigenvalue weighted by atomic mass is 9.95. The molecule has 1 aliphatic carbocycles. The number of methoxy groups -OCH3 is 1. The Morgan fingerprint density at radius 2 is 1.95 bits per heavy atom. The third-order valence-electron chi connectivity index (χ3n) is 3.42. The highest BCUT2D eigenvalue weighted by molar-refractivity contribution is 7.17. The van der Waals surface area contributed by atoms with E-state index in [0.717, 1.165) is 36.1 Å². The molecule has 1 heterocycles. The molecule has 0 atom stereocenters. The highest BCUT2D eigenvalue weighted by Crippen LogP contribution is 2.38. The van der Waals surface area contributed by atoms with Crippen LogP contribution in [0.15, 0.2) is 0 Å². The van der Waals surface area contributed by atoms with Gasteiger partial charge in [-0.3, -0.25) is 9.59 Å². The molecule has 22 heavy (non-hydrogen) atoms. The van der Waals surface area contributed by atoms with Gasteiger partial charge in [0.1, 0.15) is 11.4 Å². The van der Waals surface area contributed by atoms with E-state index in [-0.39, 0.29) is 13.0 Å². The van der Waals surface area contributed by atoms with Gasteiger partial charge in [0.2, 0.25) is 5.91 Å². The first-order valence-electron chi connectivity index (χ1n) is 7.25. The molecule has 0 fully saturated rings. The Balaban J connectivity index is 2.19. The van der Waals surface area contributed by atoms with E-state index in [9.17, 15) is 14.4 Å². The first-order chi connectivity index (χ1) is 10.6. The molecule has 0 spiro atoms. The summed E-state index contributed by atoms with van der Waals surface area (Å²) in [6, 6.07) is 0. The number of amides is 1. The fourth-order valence-electron chi connectivity index (χ4n) is 2.49. The van der Waals surface area contributed by atoms with E-state index >= 15 is 0 Å². The van der Waals surface area contributed by atoms with Crippen LogP contribution in [0.5, 0.6) is 0 Å².